The van der Waals surface area contributed by atoms with E-state index in [4.69, 9.17) is 4.42 Å². The Morgan fingerprint density at radius 2 is 0.662 bits per heavy atom. The first-order valence-electron chi connectivity index (χ1n) is 25.4. The van der Waals surface area contributed by atoms with Gasteiger partial charge < -0.3 is 9.32 Å². The molecule has 0 aliphatic carbocycles. The SMILES string of the molecule is c1ccc(-c2c(-c3cccc(-c4ccc(-c5ccc(N(c6ccc(-c7ccc8c(ccc9ccccc98)c7)cc6)c6ccc(-c7cc8ccccc8c8ccccc78)cc6)cc5)cc4)c3)oc3ccccc23)cc1. The summed E-state index contributed by atoms with van der Waals surface area (Å²) >= 11 is 0. The van der Waals surface area contributed by atoms with Gasteiger partial charge in [-0.25, -0.2) is 0 Å². The van der Waals surface area contributed by atoms with Crippen molar-refractivity contribution in [3.8, 4) is 67.0 Å². The Hall–Kier alpha value is -9.76. The van der Waals surface area contributed by atoms with Crippen LogP contribution in [-0.2, 0) is 0 Å². The predicted octanol–water partition coefficient (Wildman–Crippen LogP) is 20.5. The molecule has 13 aromatic carbocycles. The zero-order valence-electron chi connectivity index (χ0n) is 40.5. The Kier molecular flexibility index (Phi) is 10.6. The molecule has 14 aromatic rings. The molecule has 0 saturated heterocycles. The second kappa shape index (κ2) is 18.1. The van der Waals surface area contributed by atoms with Gasteiger partial charge in [0, 0.05) is 33.6 Å². The van der Waals surface area contributed by atoms with Crippen LogP contribution in [-0.4, -0.2) is 0 Å². The average Bonchev–Trinajstić information content (AvgIpc) is 3.88. The van der Waals surface area contributed by atoms with E-state index in [1.165, 1.54) is 65.3 Å². The fourth-order valence-electron chi connectivity index (χ4n) is 11.2. The topological polar surface area (TPSA) is 16.4 Å². The summed E-state index contributed by atoms with van der Waals surface area (Å²) in [6, 6.07) is 103. The summed E-state index contributed by atoms with van der Waals surface area (Å²) in [6.07, 6.45) is 0. The maximum Gasteiger partial charge on any atom is 0.143 e. The van der Waals surface area contributed by atoms with Gasteiger partial charge in [-0.2, -0.15) is 0 Å². The first-order chi connectivity index (χ1) is 36.7. The molecule has 1 heterocycles. The fourth-order valence-corrected chi connectivity index (χ4v) is 11.2. The van der Waals surface area contributed by atoms with Crippen molar-refractivity contribution >= 4 is 71.1 Å². The van der Waals surface area contributed by atoms with Crippen LogP contribution in [0.5, 0.6) is 0 Å². The molecule has 0 saturated carbocycles. The summed E-state index contributed by atoms with van der Waals surface area (Å²) in [5.74, 6) is 0.884. The van der Waals surface area contributed by atoms with Crippen LogP contribution in [0.15, 0.2) is 290 Å². The molecule has 0 aliphatic rings. The van der Waals surface area contributed by atoms with Gasteiger partial charge in [0.15, 0.2) is 0 Å². The van der Waals surface area contributed by atoms with Gasteiger partial charge in [-0.15, -0.1) is 0 Å². The predicted molar refractivity (Wildman–Crippen MR) is 314 cm³/mol. The second-order valence-electron chi connectivity index (χ2n) is 19.2. The Bertz CT molecular complexity index is 4380. The molecule has 2 nitrogen and oxygen atoms in total. The molecule has 74 heavy (non-hydrogen) atoms. The zero-order valence-corrected chi connectivity index (χ0v) is 40.5. The van der Waals surface area contributed by atoms with Crippen molar-refractivity contribution in [1.29, 1.82) is 0 Å². The minimum absolute atomic E-state index is 0.884. The molecule has 0 atom stereocenters. The smallest absolute Gasteiger partial charge is 0.143 e. The molecule has 0 spiro atoms. The summed E-state index contributed by atoms with van der Waals surface area (Å²) in [6.45, 7) is 0. The summed E-state index contributed by atoms with van der Waals surface area (Å²) in [5.41, 5.74) is 16.9. The van der Waals surface area contributed by atoms with Gasteiger partial charge >= 0.3 is 0 Å². The Morgan fingerprint density at radius 3 is 1.34 bits per heavy atom. The first kappa shape index (κ1) is 43.1. The molecule has 0 amide bonds. The van der Waals surface area contributed by atoms with Crippen molar-refractivity contribution in [2.75, 3.05) is 4.90 Å². The van der Waals surface area contributed by atoms with Gasteiger partial charge in [0.2, 0.25) is 0 Å². The molecular weight excluding hydrogens is 895 g/mol. The highest BCUT2D eigenvalue weighted by molar-refractivity contribution is 6.14. The second-order valence-corrected chi connectivity index (χ2v) is 19.2. The Balaban J connectivity index is 0.793. The third kappa shape index (κ3) is 7.69. The van der Waals surface area contributed by atoms with Crippen LogP contribution in [0.25, 0.3) is 121 Å². The van der Waals surface area contributed by atoms with E-state index in [9.17, 15) is 0 Å². The summed E-state index contributed by atoms with van der Waals surface area (Å²) in [4.78, 5) is 2.36. The van der Waals surface area contributed by atoms with E-state index in [0.717, 1.165) is 72.7 Å². The van der Waals surface area contributed by atoms with E-state index in [1.54, 1.807) is 0 Å². The van der Waals surface area contributed by atoms with Crippen LogP contribution >= 0.6 is 0 Å². The van der Waals surface area contributed by atoms with Gasteiger partial charge in [-0.3, -0.25) is 0 Å². The number of benzene rings is 13. The minimum Gasteiger partial charge on any atom is -0.455 e. The van der Waals surface area contributed by atoms with Crippen molar-refractivity contribution in [3.05, 3.63) is 285 Å². The van der Waals surface area contributed by atoms with Crippen LogP contribution in [0.2, 0.25) is 0 Å². The number of furan rings is 1. The number of hydrogen-bond acceptors (Lipinski definition) is 2. The standard InChI is InChI=1S/C72H47NO/c1-2-14-54(15-3-1)71-68-23-10-11-24-70(68)74-72(71)59-18-12-17-55(46-59)50-27-25-48(26-28-50)49-31-38-60(39-32-49)73(61-40-33-51(34-41-61)56-37-44-65-58(45-56)30-29-52-13-4-6-19-63(52)65)62-42-35-53(36-43-62)69-47-57-16-5-7-20-64(57)66-21-8-9-22-67(66)69/h1-47H. The maximum absolute atomic E-state index is 6.58. The molecule has 0 radical (unpaired) electrons. The van der Waals surface area contributed by atoms with Crippen molar-refractivity contribution in [2.24, 2.45) is 0 Å². The van der Waals surface area contributed by atoms with Gasteiger partial charge in [0.25, 0.3) is 0 Å². The maximum atomic E-state index is 6.58. The monoisotopic (exact) mass is 941 g/mol. The van der Waals surface area contributed by atoms with Crippen LogP contribution < -0.4 is 4.90 Å². The molecule has 14 rings (SSSR count). The summed E-state index contributed by atoms with van der Waals surface area (Å²) in [5, 5.41) is 11.2. The fraction of sp³-hybridized carbons (Fsp3) is 0. The summed E-state index contributed by atoms with van der Waals surface area (Å²) < 4.78 is 6.58. The number of fused-ring (bicyclic) bond motifs is 7. The molecular formula is C72H47NO. The molecule has 0 aliphatic heterocycles. The zero-order chi connectivity index (χ0) is 49.0. The lowest BCUT2D eigenvalue weighted by Gasteiger charge is -2.26. The van der Waals surface area contributed by atoms with Gasteiger partial charge in [0.1, 0.15) is 11.3 Å². The normalized spacial score (nSPS) is 11.5. The highest BCUT2D eigenvalue weighted by atomic mass is 16.3. The number of anilines is 3. The van der Waals surface area contributed by atoms with E-state index in [-0.39, 0.29) is 0 Å². The molecule has 0 bridgehead atoms. The number of para-hydroxylation sites is 1. The highest BCUT2D eigenvalue weighted by Gasteiger charge is 2.19. The molecule has 0 unspecified atom stereocenters. The van der Waals surface area contributed by atoms with Crippen molar-refractivity contribution in [1.82, 2.24) is 0 Å². The molecule has 2 heteroatoms. The molecule has 0 N–H and O–H groups in total. The van der Waals surface area contributed by atoms with E-state index in [2.05, 4.69) is 284 Å². The van der Waals surface area contributed by atoms with Crippen molar-refractivity contribution in [2.45, 2.75) is 0 Å². The van der Waals surface area contributed by atoms with E-state index in [1.807, 2.05) is 6.07 Å². The highest BCUT2D eigenvalue weighted by Crippen LogP contribution is 2.43. The van der Waals surface area contributed by atoms with Crippen molar-refractivity contribution in [3.63, 3.8) is 0 Å². The third-order valence-corrected chi connectivity index (χ3v) is 14.9. The largest absolute Gasteiger partial charge is 0.455 e. The number of nitrogens with zero attached hydrogens (tertiary/aromatic N) is 1. The van der Waals surface area contributed by atoms with Gasteiger partial charge in [0.05, 0.1) is 0 Å². The van der Waals surface area contributed by atoms with Crippen molar-refractivity contribution < 1.29 is 4.42 Å². The average molecular weight is 942 g/mol. The quantitative estimate of drug-likeness (QED) is 0.134. The minimum atomic E-state index is 0.884. The third-order valence-electron chi connectivity index (χ3n) is 14.9. The van der Waals surface area contributed by atoms with E-state index in [0.29, 0.717) is 0 Å². The van der Waals surface area contributed by atoms with Crippen LogP contribution in [0.3, 0.4) is 0 Å². The lowest BCUT2D eigenvalue weighted by molar-refractivity contribution is 0.632. The molecule has 346 valence electrons. The summed E-state index contributed by atoms with van der Waals surface area (Å²) in [7, 11) is 0. The van der Waals surface area contributed by atoms with E-state index < -0.39 is 0 Å². The first-order valence-corrected chi connectivity index (χ1v) is 25.4. The van der Waals surface area contributed by atoms with Crippen LogP contribution in [0, 0.1) is 0 Å². The lowest BCUT2D eigenvalue weighted by atomic mass is 9.93. The molecule has 0 fully saturated rings. The number of rotatable bonds is 9. The van der Waals surface area contributed by atoms with E-state index >= 15 is 0 Å². The lowest BCUT2D eigenvalue weighted by Crippen LogP contribution is -2.09. The molecule has 1 aromatic heterocycles. The van der Waals surface area contributed by atoms with Crippen LogP contribution in [0.1, 0.15) is 0 Å². The Labute approximate surface area is 430 Å². The Morgan fingerprint density at radius 1 is 0.230 bits per heavy atom. The number of hydrogen-bond donors (Lipinski definition) is 0. The van der Waals surface area contributed by atoms with Gasteiger partial charge in [-0.05, 0) is 154 Å². The van der Waals surface area contributed by atoms with Gasteiger partial charge in [-0.1, -0.05) is 224 Å². The van der Waals surface area contributed by atoms with Crippen LogP contribution in [0.4, 0.5) is 17.1 Å².